The van der Waals surface area contributed by atoms with Crippen molar-refractivity contribution < 1.29 is 18.8 Å². The molecule has 0 unspecified atom stereocenters. The molecule has 0 atom stereocenters. The van der Waals surface area contributed by atoms with Crippen LogP contribution in [0, 0.1) is 5.82 Å². The number of carbonyl (C=O) groups excluding carboxylic acids is 1. The molecular formula is C12H13FN2O3. The van der Waals surface area contributed by atoms with Crippen LogP contribution in [0.15, 0.2) is 24.5 Å². The summed E-state index contributed by atoms with van der Waals surface area (Å²) < 4.78 is 20.3. The lowest BCUT2D eigenvalue weighted by Gasteiger charge is -2.13. The van der Waals surface area contributed by atoms with Gasteiger partial charge in [-0.25, -0.2) is 9.45 Å². The van der Waals surface area contributed by atoms with Crippen LogP contribution in [0.2, 0.25) is 0 Å². The zero-order valence-electron chi connectivity index (χ0n) is 10.3. The number of pyridine rings is 1. The molecule has 2 aromatic heterocycles. The monoisotopic (exact) mass is 252 g/mol. The Kier molecular flexibility index (Phi) is 3.20. The maximum atomic E-state index is 13.6. The molecule has 96 valence electrons. The van der Waals surface area contributed by atoms with Gasteiger partial charge in [-0.05, 0) is 12.1 Å². The minimum Gasteiger partial charge on any atom is -0.492 e. The quantitative estimate of drug-likeness (QED) is 0.781. The zero-order valence-corrected chi connectivity index (χ0v) is 10.3. The second kappa shape index (κ2) is 4.66. The van der Waals surface area contributed by atoms with Crippen molar-refractivity contribution in [1.82, 2.24) is 9.46 Å². The van der Waals surface area contributed by atoms with Crippen LogP contribution in [0.1, 0.15) is 10.4 Å². The lowest BCUT2D eigenvalue weighted by Crippen LogP contribution is -2.25. The minimum atomic E-state index is -0.516. The van der Waals surface area contributed by atoms with E-state index < -0.39 is 5.82 Å². The highest BCUT2D eigenvalue weighted by atomic mass is 19.1. The molecule has 2 rings (SSSR count). The topological polar surface area (TPSA) is 43.2 Å². The Hall–Kier alpha value is -2.08. The smallest absolute Gasteiger partial charge is 0.279 e. The number of hydroxylamine groups is 2. The van der Waals surface area contributed by atoms with Crippen LogP contribution in [-0.4, -0.2) is 36.6 Å². The second-order valence-corrected chi connectivity index (χ2v) is 3.67. The molecule has 0 N–H and O–H groups in total. The number of aromatic nitrogens is 1. The van der Waals surface area contributed by atoms with Gasteiger partial charge in [-0.15, -0.1) is 0 Å². The molecule has 0 saturated heterocycles. The molecule has 6 heteroatoms. The molecule has 0 saturated carbocycles. The molecule has 0 fully saturated rings. The highest BCUT2D eigenvalue weighted by Crippen LogP contribution is 2.28. The molecule has 5 nitrogen and oxygen atoms in total. The third-order valence-corrected chi connectivity index (χ3v) is 2.72. The first-order chi connectivity index (χ1) is 8.60. The van der Waals surface area contributed by atoms with E-state index in [9.17, 15) is 9.18 Å². The number of halogens is 1. The zero-order chi connectivity index (χ0) is 13.3. The van der Waals surface area contributed by atoms with Crippen molar-refractivity contribution in [2.24, 2.45) is 0 Å². The first-order valence-electron chi connectivity index (χ1n) is 5.25. The maximum absolute atomic E-state index is 13.6. The SMILES string of the molecule is COc1c(F)ccn2ccc(C(=O)N(C)OC)c12. The molecule has 0 aliphatic rings. The summed E-state index contributed by atoms with van der Waals surface area (Å²) in [7, 11) is 4.23. The van der Waals surface area contributed by atoms with Crippen molar-refractivity contribution in [3.63, 3.8) is 0 Å². The number of fused-ring (bicyclic) bond motifs is 1. The molecule has 2 heterocycles. The van der Waals surface area contributed by atoms with Crippen LogP contribution in [0.3, 0.4) is 0 Å². The van der Waals surface area contributed by atoms with Crippen molar-refractivity contribution in [2.75, 3.05) is 21.3 Å². The van der Waals surface area contributed by atoms with Crippen LogP contribution in [0.4, 0.5) is 4.39 Å². The first kappa shape index (κ1) is 12.4. The molecule has 0 aromatic carbocycles. The summed E-state index contributed by atoms with van der Waals surface area (Å²) in [6.45, 7) is 0. The molecule has 18 heavy (non-hydrogen) atoms. The third kappa shape index (κ3) is 1.80. The molecule has 1 amide bonds. The summed E-state index contributed by atoms with van der Waals surface area (Å²) in [6.07, 6.45) is 3.19. The number of methoxy groups -OCH3 is 1. The van der Waals surface area contributed by atoms with Crippen LogP contribution in [0.5, 0.6) is 5.75 Å². The van der Waals surface area contributed by atoms with E-state index in [0.717, 1.165) is 5.06 Å². The van der Waals surface area contributed by atoms with Gasteiger partial charge in [-0.1, -0.05) is 0 Å². The number of rotatable bonds is 3. The average molecular weight is 252 g/mol. The van der Waals surface area contributed by atoms with Crippen molar-refractivity contribution >= 4 is 11.4 Å². The van der Waals surface area contributed by atoms with Crippen LogP contribution >= 0.6 is 0 Å². The van der Waals surface area contributed by atoms with E-state index in [1.807, 2.05) is 0 Å². The largest absolute Gasteiger partial charge is 0.492 e. The van der Waals surface area contributed by atoms with Crippen molar-refractivity contribution in [3.05, 3.63) is 35.9 Å². The van der Waals surface area contributed by atoms with Crippen LogP contribution in [0.25, 0.3) is 5.52 Å². The number of hydrogen-bond acceptors (Lipinski definition) is 3. The van der Waals surface area contributed by atoms with Crippen molar-refractivity contribution in [2.45, 2.75) is 0 Å². The van der Waals surface area contributed by atoms with E-state index in [4.69, 9.17) is 9.57 Å². The molecular weight excluding hydrogens is 239 g/mol. The van der Waals surface area contributed by atoms with Gasteiger partial charge in [0.1, 0.15) is 5.52 Å². The van der Waals surface area contributed by atoms with E-state index in [2.05, 4.69) is 0 Å². The number of hydrogen-bond donors (Lipinski definition) is 0. The summed E-state index contributed by atoms with van der Waals surface area (Å²) in [6, 6.07) is 2.87. The fourth-order valence-electron chi connectivity index (χ4n) is 1.77. The summed E-state index contributed by atoms with van der Waals surface area (Å²) in [5.41, 5.74) is 0.696. The highest BCUT2D eigenvalue weighted by Gasteiger charge is 2.20. The van der Waals surface area contributed by atoms with Gasteiger partial charge in [0.15, 0.2) is 11.6 Å². The molecule has 0 aliphatic carbocycles. The Bertz CT molecular complexity index is 594. The Morgan fingerprint density at radius 2 is 2.00 bits per heavy atom. The van der Waals surface area contributed by atoms with E-state index in [1.165, 1.54) is 33.5 Å². The molecule has 0 bridgehead atoms. The van der Waals surface area contributed by atoms with Gasteiger partial charge in [0.25, 0.3) is 5.91 Å². The second-order valence-electron chi connectivity index (χ2n) is 3.67. The highest BCUT2D eigenvalue weighted by molar-refractivity contribution is 6.02. The van der Waals surface area contributed by atoms with E-state index in [0.29, 0.717) is 11.1 Å². The first-order valence-corrected chi connectivity index (χ1v) is 5.25. The molecule has 2 aromatic rings. The minimum absolute atomic E-state index is 0.0374. The van der Waals surface area contributed by atoms with Gasteiger partial charge in [0.2, 0.25) is 0 Å². The number of amides is 1. The lowest BCUT2D eigenvalue weighted by atomic mass is 10.2. The molecule has 0 aliphatic heterocycles. The lowest BCUT2D eigenvalue weighted by molar-refractivity contribution is -0.0755. The van der Waals surface area contributed by atoms with Gasteiger partial charge >= 0.3 is 0 Å². The Morgan fingerprint density at radius 3 is 2.61 bits per heavy atom. The fourth-order valence-corrected chi connectivity index (χ4v) is 1.77. The van der Waals surface area contributed by atoms with Gasteiger partial charge in [-0.2, -0.15) is 0 Å². The van der Waals surface area contributed by atoms with Crippen LogP contribution < -0.4 is 4.74 Å². The predicted molar refractivity (Wildman–Crippen MR) is 63.0 cm³/mol. The van der Waals surface area contributed by atoms with Crippen molar-refractivity contribution in [1.29, 1.82) is 0 Å². The number of ether oxygens (including phenoxy) is 1. The fraction of sp³-hybridized carbons (Fsp3) is 0.250. The van der Waals surface area contributed by atoms with Crippen molar-refractivity contribution in [3.8, 4) is 5.75 Å². The van der Waals surface area contributed by atoms with Gasteiger partial charge in [0, 0.05) is 19.4 Å². The Morgan fingerprint density at radius 1 is 1.33 bits per heavy atom. The summed E-state index contributed by atoms with van der Waals surface area (Å²) in [4.78, 5) is 16.9. The summed E-state index contributed by atoms with van der Waals surface area (Å²) in [5.74, 6) is -0.850. The van der Waals surface area contributed by atoms with E-state index in [-0.39, 0.29) is 11.7 Å². The standard InChI is InChI=1S/C12H13FN2O3/c1-14(18-3)12(16)8-4-6-15-7-5-9(13)11(17-2)10(8)15/h4-7H,1-3H3. The predicted octanol–water partition coefficient (Wildman–Crippen LogP) is 1.72. The summed E-state index contributed by atoms with van der Waals surface area (Å²) in [5, 5.41) is 1.07. The number of carbonyl (C=O) groups is 1. The van der Waals surface area contributed by atoms with E-state index >= 15 is 0 Å². The van der Waals surface area contributed by atoms with Gasteiger partial charge in [-0.3, -0.25) is 9.63 Å². The Balaban J connectivity index is 2.66. The van der Waals surface area contributed by atoms with Crippen LogP contribution in [-0.2, 0) is 4.84 Å². The normalized spacial score (nSPS) is 10.7. The summed E-state index contributed by atoms with van der Waals surface area (Å²) >= 11 is 0. The average Bonchev–Trinajstić information content (AvgIpc) is 2.80. The third-order valence-electron chi connectivity index (χ3n) is 2.72. The Labute approximate surface area is 103 Å². The van der Waals surface area contributed by atoms with E-state index in [1.54, 1.807) is 16.7 Å². The molecule has 0 spiro atoms. The number of nitrogens with zero attached hydrogens (tertiary/aromatic N) is 2. The molecule has 0 radical (unpaired) electrons. The van der Waals surface area contributed by atoms with Gasteiger partial charge < -0.3 is 9.14 Å². The van der Waals surface area contributed by atoms with Gasteiger partial charge in [0.05, 0.1) is 19.8 Å². The maximum Gasteiger partial charge on any atom is 0.279 e.